The van der Waals surface area contributed by atoms with Gasteiger partial charge in [0.25, 0.3) is 0 Å². The molecule has 0 aliphatic carbocycles. The first-order valence-corrected chi connectivity index (χ1v) is 2.39. The van der Waals surface area contributed by atoms with Gasteiger partial charge in [0.1, 0.15) is 13.6 Å². The van der Waals surface area contributed by atoms with Crippen LogP contribution >= 0.6 is 0 Å². The second-order valence-electron chi connectivity index (χ2n) is 1.68. The predicted octanol–water partition coefficient (Wildman–Crippen LogP) is -0.200. The van der Waals surface area contributed by atoms with Crippen molar-refractivity contribution in [3.05, 3.63) is 0 Å². The summed E-state index contributed by atoms with van der Waals surface area (Å²) in [6, 6.07) is 0. The van der Waals surface area contributed by atoms with Crippen molar-refractivity contribution in [2.45, 2.75) is 6.92 Å². The fraction of sp³-hybridized carbons (Fsp3) is 1.00. The summed E-state index contributed by atoms with van der Waals surface area (Å²) < 4.78 is -0.111. The van der Waals surface area contributed by atoms with Gasteiger partial charge in [0.2, 0.25) is 0 Å². The Bertz CT molecular complexity index is 50.0. The van der Waals surface area contributed by atoms with Crippen LogP contribution in [0.15, 0.2) is 0 Å². The Balaban J connectivity index is 0. The summed E-state index contributed by atoms with van der Waals surface area (Å²) in [6.45, 7) is 2.58. The van der Waals surface area contributed by atoms with Gasteiger partial charge in [-0.05, 0) is 6.92 Å². The summed E-state index contributed by atoms with van der Waals surface area (Å²) in [6.07, 6.45) is 0. The Labute approximate surface area is 49.6 Å². The highest BCUT2D eigenvalue weighted by Crippen LogP contribution is 1.82. The topological polar surface area (TPSA) is 62.3 Å². The molecule has 0 radical (unpaired) electrons. The van der Waals surface area contributed by atoms with Crippen LogP contribution in [0, 0.1) is 0 Å². The smallest absolute Gasteiger partial charge is 0.125 e. The van der Waals surface area contributed by atoms with Crippen LogP contribution in [0.3, 0.4) is 0 Å². The minimum Gasteiger partial charge on any atom is -0.870 e. The molecule has 0 fully saturated rings. The Kier molecular flexibility index (Phi) is 5.10. The maximum atomic E-state index is 8.96. The third kappa shape index (κ3) is 4.01. The molecule has 0 heterocycles. The molecule has 4 nitrogen and oxygen atoms in total. The van der Waals surface area contributed by atoms with Gasteiger partial charge in [-0.2, -0.15) is 5.21 Å². The monoisotopic (exact) mass is 122 g/mol. The normalized spacial score (nSPS) is 16.5. The summed E-state index contributed by atoms with van der Waals surface area (Å²) >= 11 is 0. The number of hydrogen-bond acceptors (Lipinski definition) is 3. The number of nitrogens with zero attached hydrogens (tertiary/aromatic N) is 1. The highest BCUT2D eigenvalue weighted by molar-refractivity contribution is 4.01. The third-order valence-electron chi connectivity index (χ3n) is 1.10. The zero-order valence-corrected chi connectivity index (χ0v) is 5.55. The predicted molar refractivity (Wildman–Crippen MR) is 29.5 cm³/mol. The Morgan fingerprint density at radius 3 is 2.00 bits per heavy atom. The summed E-state index contributed by atoms with van der Waals surface area (Å²) in [5.74, 6) is 0. The fourth-order valence-corrected chi connectivity index (χ4v) is 0.158. The zero-order chi connectivity index (χ0) is 5.91. The first-order chi connectivity index (χ1) is 3.12. The highest BCUT2D eigenvalue weighted by atomic mass is 16.6. The molecule has 0 spiro atoms. The standard InChI is InChI=1S/C4H13N2O.H2O/c1-4-6(3,7)5-2;/h5,7H,4H2,1-3H3;1H2/q+1;/p-1. The molecule has 0 aliphatic rings. The van der Waals surface area contributed by atoms with Crippen LogP contribution in [0.5, 0.6) is 0 Å². The van der Waals surface area contributed by atoms with Crippen molar-refractivity contribution in [1.29, 1.82) is 0 Å². The Morgan fingerprint density at radius 1 is 1.62 bits per heavy atom. The molecule has 0 saturated heterocycles. The molecule has 0 amide bonds. The Hall–Kier alpha value is -0.160. The first kappa shape index (κ1) is 10.8. The van der Waals surface area contributed by atoms with E-state index in [0.717, 1.165) is 0 Å². The maximum Gasteiger partial charge on any atom is 0.125 e. The van der Waals surface area contributed by atoms with Gasteiger partial charge in [0.15, 0.2) is 0 Å². The average molecular weight is 122 g/mol. The fourth-order valence-electron chi connectivity index (χ4n) is 0.158. The number of nitrogens with one attached hydrogen (secondary N) is 1. The Morgan fingerprint density at radius 2 is 2.00 bits per heavy atom. The van der Waals surface area contributed by atoms with E-state index in [9.17, 15) is 0 Å². The SMILES string of the molecule is CC[N+](C)(O)NC.[OH-]. The van der Waals surface area contributed by atoms with Crippen molar-refractivity contribution in [2.75, 3.05) is 20.6 Å². The lowest BCUT2D eigenvalue weighted by Crippen LogP contribution is -2.49. The molecule has 52 valence electrons. The van der Waals surface area contributed by atoms with Gasteiger partial charge in [0, 0.05) is 7.05 Å². The van der Waals surface area contributed by atoms with Crippen molar-refractivity contribution in [1.82, 2.24) is 5.43 Å². The van der Waals surface area contributed by atoms with Crippen molar-refractivity contribution in [3.8, 4) is 0 Å². The van der Waals surface area contributed by atoms with E-state index in [1.54, 1.807) is 14.1 Å². The van der Waals surface area contributed by atoms with Gasteiger partial charge in [0.05, 0.1) is 0 Å². The van der Waals surface area contributed by atoms with E-state index in [1.807, 2.05) is 6.92 Å². The van der Waals surface area contributed by atoms with Crippen molar-refractivity contribution < 1.29 is 15.4 Å². The van der Waals surface area contributed by atoms with E-state index in [4.69, 9.17) is 5.21 Å². The van der Waals surface area contributed by atoms with E-state index < -0.39 is 0 Å². The second-order valence-corrected chi connectivity index (χ2v) is 1.68. The average Bonchev–Trinajstić information content (AvgIpc) is 1.68. The van der Waals surface area contributed by atoms with Gasteiger partial charge in [-0.25, -0.2) is 0 Å². The summed E-state index contributed by atoms with van der Waals surface area (Å²) in [7, 11) is 3.39. The third-order valence-corrected chi connectivity index (χ3v) is 1.10. The molecule has 0 aromatic rings. The van der Waals surface area contributed by atoms with Gasteiger partial charge >= 0.3 is 0 Å². The molecule has 1 atom stereocenters. The maximum absolute atomic E-state index is 8.96. The lowest BCUT2D eigenvalue weighted by atomic mass is 10.7. The largest absolute Gasteiger partial charge is 0.870 e. The molecule has 0 bridgehead atoms. The van der Waals surface area contributed by atoms with Crippen LogP contribution in [0.25, 0.3) is 0 Å². The second kappa shape index (κ2) is 3.80. The minimum absolute atomic E-state index is 0. The molecule has 0 rings (SSSR count). The van der Waals surface area contributed by atoms with Crippen LogP contribution in [0.1, 0.15) is 6.92 Å². The summed E-state index contributed by atoms with van der Waals surface area (Å²) in [4.78, 5) is 0. The van der Waals surface area contributed by atoms with E-state index in [2.05, 4.69) is 5.43 Å². The van der Waals surface area contributed by atoms with E-state index >= 15 is 0 Å². The van der Waals surface area contributed by atoms with Crippen LogP contribution in [0.4, 0.5) is 0 Å². The van der Waals surface area contributed by atoms with Crippen molar-refractivity contribution >= 4 is 0 Å². The number of quaternary nitrogens is 1. The quantitative estimate of drug-likeness (QED) is 0.394. The number of hydrogen-bond donors (Lipinski definition) is 2. The highest BCUT2D eigenvalue weighted by Gasteiger charge is 2.09. The zero-order valence-electron chi connectivity index (χ0n) is 5.55. The lowest BCUT2D eigenvalue weighted by Gasteiger charge is -2.20. The molecule has 0 aromatic heterocycles. The molecule has 8 heavy (non-hydrogen) atoms. The summed E-state index contributed by atoms with van der Waals surface area (Å²) in [5, 5.41) is 8.96. The van der Waals surface area contributed by atoms with Gasteiger partial charge in [-0.3, -0.25) is 0 Å². The van der Waals surface area contributed by atoms with Crippen LogP contribution in [-0.4, -0.2) is 36.1 Å². The van der Waals surface area contributed by atoms with Crippen LogP contribution < -0.4 is 5.43 Å². The molecule has 0 aromatic carbocycles. The molecule has 3 N–H and O–H groups in total. The molecule has 0 saturated carbocycles. The van der Waals surface area contributed by atoms with Crippen molar-refractivity contribution in [3.63, 3.8) is 0 Å². The minimum atomic E-state index is -0.111. The van der Waals surface area contributed by atoms with Crippen LogP contribution in [-0.2, 0) is 0 Å². The number of hydroxylamine groups is 2. The van der Waals surface area contributed by atoms with Gasteiger partial charge in [-0.15, -0.1) is 10.2 Å². The molecule has 1 unspecified atom stereocenters. The molecular weight excluding hydrogens is 108 g/mol. The van der Waals surface area contributed by atoms with Crippen LogP contribution in [0.2, 0.25) is 0 Å². The van der Waals surface area contributed by atoms with Crippen molar-refractivity contribution in [2.24, 2.45) is 0 Å². The summed E-state index contributed by atoms with van der Waals surface area (Å²) in [5.41, 5.74) is 2.68. The van der Waals surface area contributed by atoms with Gasteiger partial charge < -0.3 is 5.48 Å². The lowest BCUT2D eigenvalue weighted by molar-refractivity contribution is -1.12. The molecule has 4 heteroatoms. The van der Waals surface area contributed by atoms with E-state index in [0.29, 0.717) is 6.54 Å². The molecule has 0 aliphatic heterocycles. The number of rotatable bonds is 2. The van der Waals surface area contributed by atoms with E-state index in [1.165, 1.54) is 0 Å². The molecular formula is C4H14N2O2. The van der Waals surface area contributed by atoms with E-state index in [-0.39, 0.29) is 10.2 Å². The van der Waals surface area contributed by atoms with Gasteiger partial charge in [-0.1, -0.05) is 0 Å². The first-order valence-electron chi connectivity index (χ1n) is 2.39.